The molecule has 2 N–H and O–H groups in total. The van der Waals surface area contributed by atoms with E-state index in [0.29, 0.717) is 5.41 Å². The van der Waals surface area contributed by atoms with Gasteiger partial charge < -0.3 is 10.6 Å². The monoisotopic (exact) mass is 212 g/mol. The van der Waals surface area contributed by atoms with Crippen molar-refractivity contribution in [1.82, 2.24) is 4.90 Å². The maximum atomic E-state index is 5.83. The maximum Gasteiger partial charge on any atom is 0.00358 e. The standard InChI is InChI=1S/C13H28N2/c1-4-5-6-8-15-9-7-12(10-14)13(2,3)11-15/h12H,4-11,14H2,1-3H3. The Morgan fingerprint density at radius 1 is 1.33 bits per heavy atom. The highest BCUT2D eigenvalue weighted by Crippen LogP contribution is 2.34. The van der Waals surface area contributed by atoms with E-state index in [-0.39, 0.29) is 0 Å². The van der Waals surface area contributed by atoms with Gasteiger partial charge in [-0.2, -0.15) is 0 Å². The molecule has 1 fully saturated rings. The molecule has 0 bridgehead atoms. The Labute approximate surface area is 95.2 Å². The van der Waals surface area contributed by atoms with E-state index in [1.165, 1.54) is 45.3 Å². The zero-order valence-electron chi connectivity index (χ0n) is 10.8. The quantitative estimate of drug-likeness (QED) is 0.709. The Hall–Kier alpha value is -0.0800. The van der Waals surface area contributed by atoms with Gasteiger partial charge in [0.15, 0.2) is 0 Å². The molecule has 0 radical (unpaired) electrons. The first-order valence-electron chi connectivity index (χ1n) is 6.52. The number of unbranched alkanes of at least 4 members (excludes halogenated alkanes) is 2. The molecule has 0 aromatic heterocycles. The first-order valence-corrected chi connectivity index (χ1v) is 6.52. The summed E-state index contributed by atoms with van der Waals surface area (Å²) in [6.45, 7) is 11.6. The normalized spacial score (nSPS) is 26.8. The van der Waals surface area contributed by atoms with E-state index in [9.17, 15) is 0 Å². The summed E-state index contributed by atoms with van der Waals surface area (Å²) >= 11 is 0. The minimum atomic E-state index is 0.416. The summed E-state index contributed by atoms with van der Waals surface area (Å²) in [6.07, 6.45) is 5.34. The molecule has 0 saturated carbocycles. The Balaban J connectivity index is 2.33. The largest absolute Gasteiger partial charge is 0.330 e. The van der Waals surface area contributed by atoms with Crippen LogP contribution < -0.4 is 5.73 Å². The fourth-order valence-electron chi connectivity index (χ4n) is 2.73. The van der Waals surface area contributed by atoms with Crippen LogP contribution in [-0.2, 0) is 0 Å². The van der Waals surface area contributed by atoms with Crippen LogP contribution in [0.1, 0.15) is 46.5 Å². The summed E-state index contributed by atoms with van der Waals surface area (Å²) in [7, 11) is 0. The van der Waals surface area contributed by atoms with Gasteiger partial charge >= 0.3 is 0 Å². The first-order chi connectivity index (χ1) is 7.10. The lowest BCUT2D eigenvalue weighted by Gasteiger charge is -2.44. The van der Waals surface area contributed by atoms with E-state index in [1.54, 1.807) is 0 Å². The molecule has 0 spiro atoms. The highest BCUT2D eigenvalue weighted by molar-refractivity contribution is 4.87. The molecule has 1 aliphatic heterocycles. The van der Waals surface area contributed by atoms with Gasteiger partial charge in [0.1, 0.15) is 0 Å². The van der Waals surface area contributed by atoms with Crippen LogP contribution in [0.3, 0.4) is 0 Å². The van der Waals surface area contributed by atoms with E-state index in [4.69, 9.17) is 5.73 Å². The average Bonchev–Trinajstić information content (AvgIpc) is 2.17. The lowest BCUT2D eigenvalue weighted by Crippen LogP contribution is -2.48. The molecule has 0 amide bonds. The van der Waals surface area contributed by atoms with Gasteiger partial charge in [-0.25, -0.2) is 0 Å². The van der Waals surface area contributed by atoms with Gasteiger partial charge in [0.2, 0.25) is 0 Å². The number of rotatable bonds is 5. The topological polar surface area (TPSA) is 29.3 Å². The predicted octanol–water partition coefficient (Wildman–Crippen LogP) is 2.48. The summed E-state index contributed by atoms with van der Waals surface area (Å²) in [5.41, 5.74) is 6.24. The Morgan fingerprint density at radius 3 is 2.60 bits per heavy atom. The number of piperidine rings is 1. The van der Waals surface area contributed by atoms with Crippen molar-refractivity contribution in [3.63, 3.8) is 0 Å². The summed E-state index contributed by atoms with van der Waals surface area (Å²) < 4.78 is 0. The minimum Gasteiger partial charge on any atom is -0.330 e. The molecular formula is C13H28N2. The van der Waals surface area contributed by atoms with Gasteiger partial charge in [0, 0.05) is 6.54 Å². The minimum absolute atomic E-state index is 0.416. The second-order valence-electron chi connectivity index (χ2n) is 5.69. The van der Waals surface area contributed by atoms with Crippen LogP contribution in [0.4, 0.5) is 0 Å². The fourth-order valence-corrected chi connectivity index (χ4v) is 2.73. The van der Waals surface area contributed by atoms with E-state index >= 15 is 0 Å². The Bertz CT molecular complexity index is 175. The highest BCUT2D eigenvalue weighted by Gasteiger charge is 2.34. The fraction of sp³-hybridized carbons (Fsp3) is 1.00. The third kappa shape index (κ3) is 3.76. The molecule has 2 nitrogen and oxygen atoms in total. The number of nitrogens with zero attached hydrogens (tertiary/aromatic N) is 1. The second kappa shape index (κ2) is 5.86. The molecule has 0 aliphatic carbocycles. The number of likely N-dealkylation sites (tertiary alicyclic amines) is 1. The number of hydrogen-bond acceptors (Lipinski definition) is 2. The average molecular weight is 212 g/mol. The van der Waals surface area contributed by atoms with E-state index < -0.39 is 0 Å². The van der Waals surface area contributed by atoms with Crippen LogP contribution in [-0.4, -0.2) is 31.1 Å². The Kier molecular flexibility index (Phi) is 5.07. The maximum absolute atomic E-state index is 5.83. The van der Waals surface area contributed by atoms with Crippen LogP contribution >= 0.6 is 0 Å². The molecule has 0 aromatic rings. The predicted molar refractivity (Wildman–Crippen MR) is 66.9 cm³/mol. The molecule has 1 atom stereocenters. The summed E-state index contributed by atoms with van der Waals surface area (Å²) in [6, 6.07) is 0. The van der Waals surface area contributed by atoms with Gasteiger partial charge in [-0.3, -0.25) is 0 Å². The molecule has 1 heterocycles. The summed E-state index contributed by atoms with van der Waals surface area (Å²) in [5.74, 6) is 0.722. The van der Waals surface area contributed by atoms with Gasteiger partial charge in [-0.15, -0.1) is 0 Å². The lowest BCUT2D eigenvalue weighted by molar-refractivity contribution is 0.0586. The SMILES string of the molecule is CCCCCN1CCC(CN)C(C)(C)C1. The van der Waals surface area contributed by atoms with Crippen molar-refractivity contribution in [2.45, 2.75) is 46.5 Å². The molecule has 0 aromatic carbocycles. The van der Waals surface area contributed by atoms with Crippen molar-refractivity contribution in [3.05, 3.63) is 0 Å². The first kappa shape index (κ1) is 13.0. The lowest BCUT2D eigenvalue weighted by atomic mass is 9.74. The second-order valence-corrected chi connectivity index (χ2v) is 5.69. The van der Waals surface area contributed by atoms with Crippen LogP contribution in [0.25, 0.3) is 0 Å². The molecule has 15 heavy (non-hydrogen) atoms. The number of hydrogen-bond donors (Lipinski definition) is 1. The van der Waals surface area contributed by atoms with E-state index in [2.05, 4.69) is 25.7 Å². The van der Waals surface area contributed by atoms with Crippen molar-refractivity contribution in [3.8, 4) is 0 Å². The number of nitrogens with two attached hydrogens (primary N) is 1. The van der Waals surface area contributed by atoms with E-state index in [0.717, 1.165) is 12.5 Å². The molecule has 1 unspecified atom stereocenters. The third-order valence-electron chi connectivity index (χ3n) is 3.89. The molecule has 90 valence electrons. The van der Waals surface area contributed by atoms with Crippen LogP contribution in [0, 0.1) is 11.3 Å². The van der Waals surface area contributed by atoms with Crippen molar-refractivity contribution >= 4 is 0 Å². The van der Waals surface area contributed by atoms with E-state index in [1.807, 2.05) is 0 Å². The molecular weight excluding hydrogens is 184 g/mol. The molecule has 1 aliphatic rings. The summed E-state index contributed by atoms with van der Waals surface area (Å²) in [4.78, 5) is 2.63. The zero-order chi connectivity index (χ0) is 11.3. The highest BCUT2D eigenvalue weighted by atomic mass is 15.1. The van der Waals surface area contributed by atoms with Gasteiger partial charge in [-0.05, 0) is 43.8 Å². The molecule has 2 heteroatoms. The smallest absolute Gasteiger partial charge is 0.00358 e. The van der Waals surface area contributed by atoms with Crippen LogP contribution in [0.15, 0.2) is 0 Å². The zero-order valence-corrected chi connectivity index (χ0v) is 10.8. The van der Waals surface area contributed by atoms with Crippen molar-refractivity contribution in [2.75, 3.05) is 26.2 Å². The van der Waals surface area contributed by atoms with Crippen molar-refractivity contribution < 1.29 is 0 Å². The Morgan fingerprint density at radius 2 is 2.07 bits per heavy atom. The van der Waals surface area contributed by atoms with Gasteiger partial charge in [-0.1, -0.05) is 33.6 Å². The molecule has 1 saturated heterocycles. The van der Waals surface area contributed by atoms with Crippen molar-refractivity contribution in [1.29, 1.82) is 0 Å². The molecule has 1 rings (SSSR count). The van der Waals surface area contributed by atoms with Crippen LogP contribution in [0.2, 0.25) is 0 Å². The summed E-state index contributed by atoms with van der Waals surface area (Å²) in [5, 5.41) is 0. The third-order valence-corrected chi connectivity index (χ3v) is 3.89. The van der Waals surface area contributed by atoms with Gasteiger partial charge in [0.05, 0.1) is 0 Å². The van der Waals surface area contributed by atoms with Crippen LogP contribution in [0.5, 0.6) is 0 Å². The van der Waals surface area contributed by atoms with Gasteiger partial charge in [0.25, 0.3) is 0 Å². The van der Waals surface area contributed by atoms with Crippen molar-refractivity contribution in [2.24, 2.45) is 17.1 Å².